The Hall–Kier alpha value is -1.35. The van der Waals surface area contributed by atoms with Gasteiger partial charge in [0.05, 0.1) is 6.10 Å². The van der Waals surface area contributed by atoms with Crippen LogP contribution < -0.4 is 5.32 Å². The number of aliphatic hydroxyl groups is 1. The average Bonchev–Trinajstić information content (AvgIpc) is 2.70. The minimum Gasteiger partial charge on any atom is -0.388 e. The van der Waals surface area contributed by atoms with E-state index >= 15 is 0 Å². The second-order valence-electron chi connectivity index (χ2n) is 6.53. The molecule has 3 heteroatoms. The number of hydrogen-bond donors (Lipinski definition) is 2. The third kappa shape index (κ3) is 3.46. The smallest absolute Gasteiger partial charge is 0.251 e. The second-order valence-corrected chi connectivity index (χ2v) is 6.53. The standard InChI is InChI=1S/C18H25NO2/c20-17(11-13-5-2-1-3-6-13)15-9-8-14-7-4-10-19-18(21)16(14)12-15/h8-9,12-13,17,20H,1-7,10-11H2,(H,19,21). The van der Waals surface area contributed by atoms with Gasteiger partial charge >= 0.3 is 0 Å². The van der Waals surface area contributed by atoms with Crippen LogP contribution in [0.15, 0.2) is 18.2 Å². The van der Waals surface area contributed by atoms with Crippen LogP contribution >= 0.6 is 0 Å². The van der Waals surface area contributed by atoms with Crippen molar-refractivity contribution < 1.29 is 9.90 Å². The molecule has 1 aromatic carbocycles. The molecule has 2 aliphatic rings. The van der Waals surface area contributed by atoms with Gasteiger partial charge in [-0.1, -0.05) is 44.2 Å². The molecule has 1 aromatic rings. The van der Waals surface area contributed by atoms with Crippen molar-refractivity contribution in [2.24, 2.45) is 5.92 Å². The van der Waals surface area contributed by atoms with Gasteiger partial charge in [-0.3, -0.25) is 4.79 Å². The molecule has 1 unspecified atom stereocenters. The number of fused-ring (bicyclic) bond motifs is 1. The Morgan fingerprint density at radius 2 is 2.00 bits per heavy atom. The summed E-state index contributed by atoms with van der Waals surface area (Å²) < 4.78 is 0. The van der Waals surface area contributed by atoms with Gasteiger partial charge in [-0.2, -0.15) is 0 Å². The Morgan fingerprint density at radius 1 is 1.19 bits per heavy atom. The van der Waals surface area contributed by atoms with Crippen molar-refractivity contribution in [3.8, 4) is 0 Å². The highest BCUT2D eigenvalue weighted by Gasteiger charge is 2.21. The number of carbonyl (C=O) groups excluding carboxylic acids is 1. The predicted molar refractivity (Wildman–Crippen MR) is 83.2 cm³/mol. The number of amides is 1. The van der Waals surface area contributed by atoms with E-state index in [2.05, 4.69) is 5.32 Å². The summed E-state index contributed by atoms with van der Waals surface area (Å²) in [5, 5.41) is 13.4. The summed E-state index contributed by atoms with van der Waals surface area (Å²) in [4.78, 5) is 12.1. The van der Waals surface area contributed by atoms with Gasteiger partial charge in [0.25, 0.3) is 5.91 Å². The fraction of sp³-hybridized carbons (Fsp3) is 0.611. The molecule has 1 amide bonds. The lowest BCUT2D eigenvalue weighted by atomic mass is 9.84. The van der Waals surface area contributed by atoms with E-state index in [1.807, 2.05) is 18.2 Å². The minimum atomic E-state index is -0.436. The van der Waals surface area contributed by atoms with E-state index in [4.69, 9.17) is 0 Å². The van der Waals surface area contributed by atoms with Crippen LogP contribution in [-0.2, 0) is 6.42 Å². The van der Waals surface area contributed by atoms with E-state index in [0.29, 0.717) is 5.92 Å². The predicted octanol–water partition coefficient (Wildman–Crippen LogP) is 3.37. The van der Waals surface area contributed by atoms with Crippen LogP contribution in [0.5, 0.6) is 0 Å². The molecule has 0 aromatic heterocycles. The number of hydrogen-bond acceptors (Lipinski definition) is 2. The summed E-state index contributed by atoms with van der Waals surface area (Å²) in [7, 11) is 0. The highest BCUT2D eigenvalue weighted by Crippen LogP contribution is 2.32. The van der Waals surface area contributed by atoms with Crippen molar-refractivity contribution in [3.05, 3.63) is 34.9 Å². The van der Waals surface area contributed by atoms with Crippen LogP contribution in [0.25, 0.3) is 0 Å². The first kappa shape index (κ1) is 14.6. The second kappa shape index (κ2) is 6.61. The van der Waals surface area contributed by atoms with E-state index in [9.17, 15) is 9.90 Å². The third-order valence-corrected chi connectivity index (χ3v) is 4.95. The molecule has 1 aliphatic heterocycles. The number of aryl methyl sites for hydroxylation is 1. The molecule has 1 heterocycles. The highest BCUT2D eigenvalue weighted by atomic mass is 16.3. The lowest BCUT2D eigenvalue weighted by Gasteiger charge is -2.24. The van der Waals surface area contributed by atoms with Gasteiger partial charge in [0.15, 0.2) is 0 Å². The van der Waals surface area contributed by atoms with Crippen molar-refractivity contribution in [2.75, 3.05) is 6.54 Å². The van der Waals surface area contributed by atoms with Crippen LogP contribution in [0.3, 0.4) is 0 Å². The first-order valence-corrected chi connectivity index (χ1v) is 8.33. The van der Waals surface area contributed by atoms with Gasteiger partial charge in [0, 0.05) is 12.1 Å². The number of rotatable bonds is 3. The van der Waals surface area contributed by atoms with Crippen LogP contribution in [0.4, 0.5) is 0 Å². The molecule has 21 heavy (non-hydrogen) atoms. The van der Waals surface area contributed by atoms with E-state index in [0.717, 1.165) is 42.5 Å². The van der Waals surface area contributed by atoms with Gasteiger partial charge in [-0.25, -0.2) is 0 Å². The quantitative estimate of drug-likeness (QED) is 0.895. The molecular weight excluding hydrogens is 262 g/mol. The Morgan fingerprint density at radius 3 is 2.81 bits per heavy atom. The molecule has 2 N–H and O–H groups in total. The van der Waals surface area contributed by atoms with Crippen LogP contribution in [0, 0.1) is 5.92 Å². The molecule has 3 rings (SSSR count). The lowest BCUT2D eigenvalue weighted by molar-refractivity contribution is 0.0955. The summed E-state index contributed by atoms with van der Waals surface area (Å²) in [5.74, 6) is 0.649. The highest BCUT2D eigenvalue weighted by molar-refractivity contribution is 5.96. The maximum Gasteiger partial charge on any atom is 0.251 e. The lowest BCUT2D eigenvalue weighted by Crippen LogP contribution is -2.23. The van der Waals surface area contributed by atoms with Crippen molar-refractivity contribution in [2.45, 2.75) is 57.5 Å². The summed E-state index contributed by atoms with van der Waals surface area (Å²) in [6, 6.07) is 5.94. The van der Waals surface area contributed by atoms with Gasteiger partial charge < -0.3 is 10.4 Å². The van der Waals surface area contributed by atoms with Crippen molar-refractivity contribution >= 4 is 5.91 Å². The molecule has 1 fully saturated rings. The summed E-state index contributed by atoms with van der Waals surface area (Å²) in [6.45, 7) is 0.744. The molecule has 0 spiro atoms. The zero-order valence-electron chi connectivity index (χ0n) is 12.6. The first-order chi connectivity index (χ1) is 10.2. The minimum absolute atomic E-state index is 0.00853. The molecule has 1 aliphatic carbocycles. The Kier molecular flexibility index (Phi) is 4.59. The molecule has 0 radical (unpaired) electrons. The summed E-state index contributed by atoms with van der Waals surface area (Å²) >= 11 is 0. The molecule has 114 valence electrons. The SMILES string of the molecule is O=C1NCCCc2ccc(C(O)CC3CCCCC3)cc21. The number of benzene rings is 1. The third-order valence-electron chi connectivity index (χ3n) is 4.95. The fourth-order valence-corrected chi connectivity index (χ4v) is 3.68. The topological polar surface area (TPSA) is 49.3 Å². The van der Waals surface area contributed by atoms with Crippen LogP contribution in [-0.4, -0.2) is 17.6 Å². The van der Waals surface area contributed by atoms with Gasteiger partial charge in [0.2, 0.25) is 0 Å². The zero-order valence-corrected chi connectivity index (χ0v) is 12.6. The molecule has 0 saturated heterocycles. The summed E-state index contributed by atoms with van der Waals surface area (Å²) in [5.41, 5.74) is 2.77. The number of aliphatic hydroxyl groups excluding tert-OH is 1. The van der Waals surface area contributed by atoms with Crippen LogP contribution in [0.1, 0.15) is 72.5 Å². The van der Waals surface area contributed by atoms with Gasteiger partial charge in [-0.05, 0) is 42.4 Å². The van der Waals surface area contributed by atoms with Crippen LogP contribution in [0.2, 0.25) is 0 Å². The molecular formula is C18H25NO2. The molecule has 1 saturated carbocycles. The van der Waals surface area contributed by atoms with Gasteiger partial charge in [0.1, 0.15) is 0 Å². The first-order valence-electron chi connectivity index (χ1n) is 8.33. The van der Waals surface area contributed by atoms with E-state index in [-0.39, 0.29) is 5.91 Å². The largest absolute Gasteiger partial charge is 0.388 e. The number of nitrogens with one attached hydrogen (secondary N) is 1. The molecule has 1 atom stereocenters. The van der Waals surface area contributed by atoms with E-state index in [1.54, 1.807) is 0 Å². The van der Waals surface area contributed by atoms with Gasteiger partial charge in [-0.15, -0.1) is 0 Å². The number of carbonyl (C=O) groups is 1. The normalized spacial score (nSPS) is 21.3. The van der Waals surface area contributed by atoms with Crippen molar-refractivity contribution in [1.82, 2.24) is 5.32 Å². The maximum absolute atomic E-state index is 12.1. The van der Waals surface area contributed by atoms with E-state index < -0.39 is 6.10 Å². The average molecular weight is 287 g/mol. The monoisotopic (exact) mass is 287 g/mol. The summed E-state index contributed by atoms with van der Waals surface area (Å²) in [6.07, 6.45) is 8.73. The zero-order chi connectivity index (χ0) is 14.7. The van der Waals surface area contributed by atoms with Crippen molar-refractivity contribution in [1.29, 1.82) is 0 Å². The Bertz CT molecular complexity index is 506. The maximum atomic E-state index is 12.1. The molecule has 0 bridgehead atoms. The van der Waals surface area contributed by atoms with E-state index in [1.165, 1.54) is 32.1 Å². The van der Waals surface area contributed by atoms with Crippen molar-refractivity contribution in [3.63, 3.8) is 0 Å². The Balaban J connectivity index is 1.74. The molecule has 3 nitrogen and oxygen atoms in total. The fourth-order valence-electron chi connectivity index (χ4n) is 3.68. The Labute approximate surface area is 126 Å².